The number of ether oxygens (including phenoxy) is 1. The molecular weight excluding hydrogens is 233 g/mol. The lowest BCUT2D eigenvalue weighted by Crippen LogP contribution is -2.39. The van der Waals surface area contributed by atoms with E-state index in [1.165, 1.54) is 18.2 Å². The Morgan fingerprint density at radius 3 is 2.29 bits per heavy atom. The third kappa shape index (κ3) is 3.12. The monoisotopic (exact) mass is 248 g/mol. The fourth-order valence-corrected chi connectivity index (χ4v) is 1.31. The highest BCUT2D eigenvalue weighted by molar-refractivity contribution is 5.33. The van der Waals surface area contributed by atoms with E-state index in [0.29, 0.717) is 5.75 Å². The molecule has 96 valence electrons. The largest absolute Gasteiger partial charge is 0.491 e. The van der Waals surface area contributed by atoms with Gasteiger partial charge >= 0.3 is 6.18 Å². The summed E-state index contributed by atoms with van der Waals surface area (Å²) < 4.78 is 43.2. The second kappa shape index (κ2) is 4.56. The zero-order chi connectivity index (χ0) is 13.3. The van der Waals surface area contributed by atoms with Gasteiger partial charge in [0.05, 0.1) is 6.10 Å². The van der Waals surface area contributed by atoms with Gasteiger partial charge in [-0.3, -0.25) is 0 Å². The summed E-state index contributed by atoms with van der Waals surface area (Å²) in [7, 11) is 0. The zero-order valence-corrected chi connectivity index (χ0v) is 9.88. The Kier molecular flexibility index (Phi) is 3.71. The van der Waals surface area contributed by atoms with E-state index < -0.39 is 11.8 Å². The van der Waals surface area contributed by atoms with Gasteiger partial charge in [-0.2, -0.15) is 13.2 Å². The van der Waals surface area contributed by atoms with Crippen LogP contribution < -0.4 is 4.74 Å². The summed E-state index contributed by atoms with van der Waals surface area (Å²) in [6, 6.07) is 5.40. The van der Waals surface area contributed by atoms with Gasteiger partial charge in [-0.25, -0.2) is 0 Å². The van der Waals surface area contributed by atoms with E-state index in [9.17, 15) is 18.3 Å². The van der Waals surface area contributed by atoms with Crippen LogP contribution >= 0.6 is 0 Å². The Hall–Kier alpha value is -1.23. The van der Waals surface area contributed by atoms with Gasteiger partial charge in [0.2, 0.25) is 0 Å². The molecule has 17 heavy (non-hydrogen) atoms. The standard InChI is InChI=1S/C12H15F3O2/c1-8(2)17-10-6-4-5-9(7-10)11(3,16)12(13,14)15/h4-8,16H,1-3H3. The minimum absolute atomic E-state index is 0.138. The van der Waals surface area contributed by atoms with Crippen molar-refractivity contribution in [3.63, 3.8) is 0 Å². The van der Waals surface area contributed by atoms with Crippen molar-refractivity contribution in [3.05, 3.63) is 29.8 Å². The topological polar surface area (TPSA) is 29.5 Å². The molecule has 0 aliphatic heterocycles. The first-order chi connectivity index (χ1) is 7.64. The molecule has 0 radical (unpaired) electrons. The number of benzene rings is 1. The van der Waals surface area contributed by atoms with E-state index in [0.717, 1.165) is 6.92 Å². The van der Waals surface area contributed by atoms with Crippen LogP contribution in [-0.4, -0.2) is 17.4 Å². The summed E-state index contributed by atoms with van der Waals surface area (Å²) in [6.45, 7) is 4.27. The first kappa shape index (κ1) is 13.8. The van der Waals surface area contributed by atoms with Crippen molar-refractivity contribution in [2.45, 2.75) is 38.7 Å². The lowest BCUT2D eigenvalue weighted by Gasteiger charge is -2.27. The van der Waals surface area contributed by atoms with E-state index in [1.54, 1.807) is 19.9 Å². The van der Waals surface area contributed by atoms with Crippen molar-refractivity contribution in [2.75, 3.05) is 0 Å². The lowest BCUT2D eigenvalue weighted by atomic mass is 9.95. The van der Waals surface area contributed by atoms with Crippen molar-refractivity contribution in [2.24, 2.45) is 0 Å². The second-order valence-corrected chi connectivity index (χ2v) is 4.26. The smallest absolute Gasteiger partial charge is 0.421 e. The molecule has 0 fully saturated rings. The molecule has 0 aliphatic carbocycles. The molecule has 0 aliphatic rings. The molecule has 1 rings (SSSR count). The predicted molar refractivity (Wildman–Crippen MR) is 57.8 cm³/mol. The van der Waals surface area contributed by atoms with Crippen molar-refractivity contribution < 1.29 is 23.0 Å². The highest BCUT2D eigenvalue weighted by Crippen LogP contribution is 2.39. The molecule has 1 aromatic rings. The third-order valence-corrected chi connectivity index (χ3v) is 2.32. The van der Waals surface area contributed by atoms with Crippen molar-refractivity contribution in [1.82, 2.24) is 0 Å². The number of rotatable bonds is 3. The summed E-state index contributed by atoms with van der Waals surface area (Å²) in [5.74, 6) is 0.307. The minimum atomic E-state index is -4.72. The predicted octanol–water partition coefficient (Wildman–Crippen LogP) is 3.24. The molecule has 0 saturated carbocycles. The van der Waals surface area contributed by atoms with Gasteiger partial charge in [0.1, 0.15) is 5.75 Å². The van der Waals surface area contributed by atoms with Crippen LogP contribution in [0.15, 0.2) is 24.3 Å². The Morgan fingerprint density at radius 1 is 1.24 bits per heavy atom. The van der Waals surface area contributed by atoms with Crippen molar-refractivity contribution >= 4 is 0 Å². The van der Waals surface area contributed by atoms with Gasteiger partial charge in [-0.15, -0.1) is 0 Å². The summed E-state index contributed by atoms with van der Waals surface area (Å²) in [5.41, 5.74) is -3.10. The number of halogens is 3. The van der Waals surface area contributed by atoms with Crippen LogP contribution in [0.2, 0.25) is 0 Å². The van der Waals surface area contributed by atoms with Gasteiger partial charge in [0, 0.05) is 0 Å². The van der Waals surface area contributed by atoms with Crippen LogP contribution in [0.25, 0.3) is 0 Å². The zero-order valence-electron chi connectivity index (χ0n) is 9.88. The van der Waals surface area contributed by atoms with Crippen LogP contribution in [0, 0.1) is 0 Å². The van der Waals surface area contributed by atoms with Crippen molar-refractivity contribution in [3.8, 4) is 5.75 Å². The average Bonchev–Trinajstić information content (AvgIpc) is 2.15. The third-order valence-electron chi connectivity index (χ3n) is 2.32. The van der Waals surface area contributed by atoms with Crippen LogP contribution in [-0.2, 0) is 5.60 Å². The molecule has 0 saturated heterocycles. The second-order valence-electron chi connectivity index (χ2n) is 4.26. The number of hydrogen-bond donors (Lipinski definition) is 1. The maximum atomic E-state index is 12.6. The molecule has 1 atom stereocenters. The Bertz CT molecular complexity index is 384. The van der Waals surface area contributed by atoms with Gasteiger partial charge in [-0.1, -0.05) is 12.1 Å². The molecule has 0 aromatic heterocycles. The molecule has 1 aromatic carbocycles. The molecule has 0 heterocycles. The first-order valence-corrected chi connectivity index (χ1v) is 5.21. The van der Waals surface area contributed by atoms with Gasteiger partial charge < -0.3 is 9.84 Å². The Labute approximate surface area is 98.0 Å². The molecule has 1 N–H and O–H groups in total. The SMILES string of the molecule is CC(C)Oc1cccc(C(C)(O)C(F)(F)F)c1. The van der Waals surface area contributed by atoms with Crippen LogP contribution in [0.1, 0.15) is 26.3 Å². The van der Waals surface area contributed by atoms with Crippen LogP contribution in [0.4, 0.5) is 13.2 Å². The van der Waals surface area contributed by atoms with E-state index in [-0.39, 0.29) is 11.7 Å². The number of alkyl halides is 3. The Balaban J connectivity index is 3.07. The summed E-state index contributed by atoms with van der Waals surface area (Å²) in [6.07, 6.45) is -4.86. The number of hydrogen-bond acceptors (Lipinski definition) is 2. The average molecular weight is 248 g/mol. The van der Waals surface area contributed by atoms with E-state index in [1.807, 2.05) is 0 Å². The maximum absolute atomic E-state index is 12.6. The van der Waals surface area contributed by atoms with Gasteiger partial charge in [0.15, 0.2) is 5.60 Å². The molecule has 0 spiro atoms. The quantitative estimate of drug-likeness (QED) is 0.889. The van der Waals surface area contributed by atoms with Crippen LogP contribution in [0.5, 0.6) is 5.75 Å². The Morgan fingerprint density at radius 2 is 1.82 bits per heavy atom. The minimum Gasteiger partial charge on any atom is -0.491 e. The fraction of sp³-hybridized carbons (Fsp3) is 0.500. The summed E-state index contributed by atoms with van der Waals surface area (Å²) in [4.78, 5) is 0. The molecule has 2 nitrogen and oxygen atoms in total. The lowest BCUT2D eigenvalue weighted by molar-refractivity contribution is -0.258. The molecule has 1 unspecified atom stereocenters. The normalized spacial score (nSPS) is 15.8. The van der Waals surface area contributed by atoms with E-state index >= 15 is 0 Å². The maximum Gasteiger partial charge on any atom is 0.421 e. The van der Waals surface area contributed by atoms with E-state index in [2.05, 4.69) is 0 Å². The fourth-order valence-electron chi connectivity index (χ4n) is 1.31. The molecule has 5 heteroatoms. The number of aliphatic hydroxyl groups is 1. The summed E-state index contributed by atoms with van der Waals surface area (Å²) >= 11 is 0. The molecular formula is C12H15F3O2. The van der Waals surface area contributed by atoms with Gasteiger partial charge in [0.25, 0.3) is 0 Å². The highest BCUT2D eigenvalue weighted by Gasteiger charge is 2.51. The molecule has 0 amide bonds. The summed E-state index contributed by atoms with van der Waals surface area (Å²) in [5, 5.41) is 9.50. The van der Waals surface area contributed by atoms with Gasteiger partial charge in [-0.05, 0) is 38.5 Å². The van der Waals surface area contributed by atoms with Crippen molar-refractivity contribution in [1.29, 1.82) is 0 Å². The van der Waals surface area contributed by atoms with Crippen LogP contribution in [0.3, 0.4) is 0 Å². The molecule has 0 bridgehead atoms. The first-order valence-electron chi connectivity index (χ1n) is 5.21. The van der Waals surface area contributed by atoms with E-state index in [4.69, 9.17) is 4.74 Å². The highest BCUT2D eigenvalue weighted by atomic mass is 19.4.